The summed E-state index contributed by atoms with van der Waals surface area (Å²) in [5.41, 5.74) is 7.18. The van der Waals surface area contributed by atoms with Crippen LogP contribution in [-0.4, -0.2) is 43.7 Å². The quantitative estimate of drug-likeness (QED) is 0.689. The Bertz CT molecular complexity index is 952. The van der Waals surface area contributed by atoms with Gasteiger partial charge in [0.15, 0.2) is 23.7 Å². The van der Waals surface area contributed by atoms with Crippen LogP contribution in [0.15, 0.2) is 41.5 Å². The van der Waals surface area contributed by atoms with Crippen LogP contribution in [0.4, 0.5) is 5.95 Å². The fourth-order valence-corrected chi connectivity index (χ4v) is 2.83. The summed E-state index contributed by atoms with van der Waals surface area (Å²) in [5, 5.41) is 9.10. The van der Waals surface area contributed by atoms with Gasteiger partial charge in [-0.1, -0.05) is 30.3 Å². The molecular weight excluding hydrogens is 326 g/mol. The Morgan fingerprint density at radius 1 is 1.32 bits per heavy atom. The molecule has 0 spiro atoms. The molecule has 9 nitrogen and oxygen atoms in total. The predicted molar refractivity (Wildman–Crippen MR) is 88.7 cm³/mol. The van der Waals surface area contributed by atoms with E-state index in [4.69, 9.17) is 20.3 Å². The van der Waals surface area contributed by atoms with Gasteiger partial charge in [0.1, 0.15) is 0 Å². The maximum atomic E-state index is 12.8. The number of anilines is 1. The molecule has 0 bridgehead atoms. The van der Waals surface area contributed by atoms with Crippen molar-refractivity contribution in [2.45, 2.75) is 19.1 Å². The second-order valence-corrected chi connectivity index (χ2v) is 5.71. The zero-order valence-corrected chi connectivity index (χ0v) is 13.3. The smallest absolute Gasteiger partial charge is 0.283 e. The molecule has 3 N–H and O–H groups in total. The summed E-state index contributed by atoms with van der Waals surface area (Å²) < 4.78 is 13.8. The number of aliphatic hydroxyl groups is 1. The van der Waals surface area contributed by atoms with Crippen molar-refractivity contribution in [3.63, 3.8) is 0 Å². The van der Waals surface area contributed by atoms with Gasteiger partial charge in [-0.2, -0.15) is 4.98 Å². The van der Waals surface area contributed by atoms with Crippen molar-refractivity contribution < 1.29 is 14.6 Å². The van der Waals surface area contributed by atoms with Crippen LogP contribution < -0.4 is 11.3 Å². The molecule has 1 saturated heterocycles. The molecule has 0 unspecified atom stereocenters. The maximum Gasteiger partial charge on any atom is 0.283 e. The summed E-state index contributed by atoms with van der Waals surface area (Å²) >= 11 is 0. The fraction of sp³-hybridized carbons (Fsp3) is 0.312. The highest BCUT2D eigenvalue weighted by molar-refractivity contribution is 5.71. The minimum Gasteiger partial charge on any atom is -0.391 e. The van der Waals surface area contributed by atoms with E-state index in [2.05, 4.69) is 9.97 Å². The third kappa shape index (κ3) is 2.78. The standard InChI is InChI=1S/C16H17N5O4/c17-16-19-14-13(15(23)20(16)6-10-4-2-1-3-5-10)18-9-21(14)11-8-24-12(7-22)25-11/h1-5,9,11-12,22H,6-8H2,(H2,17,19)/t11-,12-/m1/s1. The highest BCUT2D eigenvalue weighted by atomic mass is 16.7. The number of aliphatic hydroxyl groups excluding tert-OH is 1. The molecule has 3 aromatic rings. The Hall–Kier alpha value is -2.75. The second kappa shape index (κ2) is 6.28. The number of imidazole rings is 1. The highest BCUT2D eigenvalue weighted by Gasteiger charge is 2.29. The number of hydrogen-bond acceptors (Lipinski definition) is 7. The zero-order chi connectivity index (χ0) is 17.4. The summed E-state index contributed by atoms with van der Waals surface area (Å²) in [4.78, 5) is 21.3. The van der Waals surface area contributed by atoms with Crippen LogP contribution in [0.1, 0.15) is 11.8 Å². The molecule has 0 aliphatic carbocycles. The Labute approximate surface area is 142 Å². The number of rotatable bonds is 4. The van der Waals surface area contributed by atoms with E-state index in [1.165, 1.54) is 10.9 Å². The first-order chi connectivity index (χ1) is 12.2. The van der Waals surface area contributed by atoms with E-state index in [0.29, 0.717) is 12.2 Å². The molecule has 9 heteroatoms. The molecule has 1 fully saturated rings. The van der Waals surface area contributed by atoms with Gasteiger partial charge in [-0.05, 0) is 5.56 Å². The fourth-order valence-electron chi connectivity index (χ4n) is 2.83. The van der Waals surface area contributed by atoms with E-state index >= 15 is 0 Å². The highest BCUT2D eigenvalue weighted by Crippen LogP contribution is 2.23. The van der Waals surface area contributed by atoms with Gasteiger partial charge in [0.2, 0.25) is 5.95 Å². The lowest BCUT2D eigenvalue weighted by atomic mass is 10.2. The van der Waals surface area contributed by atoms with E-state index in [1.54, 1.807) is 4.57 Å². The van der Waals surface area contributed by atoms with Gasteiger partial charge in [0, 0.05) is 0 Å². The van der Waals surface area contributed by atoms with Crippen LogP contribution in [-0.2, 0) is 16.0 Å². The molecule has 2 atom stereocenters. The lowest BCUT2D eigenvalue weighted by molar-refractivity contribution is -0.0980. The maximum absolute atomic E-state index is 12.8. The number of aromatic nitrogens is 4. The SMILES string of the molecule is Nc1nc2c(ncn2[C@H]2CO[C@@H](CO)O2)c(=O)n1Cc1ccccc1. The minimum absolute atomic E-state index is 0.0979. The lowest BCUT2D eigenvalue weighted by Gasteiger charge is -2.13. The summed E-state index contributed by atoms with van der Waals surface area (Å²) in [5.74, 6) is 0.0979. The van der Waals surface area contributed by atoms with Crippen LogP contribution in [0.5, 0.6) is 0 Å². The molecule has 0 amide bonds. The van der Waals surface area contributed by atoms with Gasteiger partial charge < -0.3 is 20.3 Å². The third-order valence-corrected chi connectivity index (χ3v) is 4.09. The first-order valence-electron chi connectivity index (χ1n) is 7.82. The number of benzene rings is 1. The molecule has 3 heterocycles. The summed E-state index contributed by atoms with van der Waals surface area (Å²) in [6.45, 7) is 0.297. The molecule has 4 rings (SSSR count). The number of ether oxygens (including phenoxy) is 2. The molecular formula is C16H17N5O4. The largest absolute Gasteiger partial charge is 0.391 e. The van der Waals surface area contributed by atoms with E-state index < -0.39 is 12.5 Å². The van der Waals surface area contributed by atoms with Crippen molar-refractivity contribution in [1.29, 1.82) is 0 Å². The van der Waals surface area contributed by atoms with Crippen molar-refractivity contribution in [2.75, 3.05) is 18.9 Å². The Morgan fingerprint density at radius 2 is 2.12 bits per heavy atom. The normalized spacial score (nSPS) is 20.4. The van der Waals surface area contributed by atoms with Crippen molar-refractivity contribution in [2.24, 2.45) is 0 Å². The van der Waals surface area contributed by atoms with Crippen LogP contribution in [0.3, 0.4) is 0 Å². The van der Waals surface area contributed by atoms with E-state index in [9.17, 15) is 4.79 Å². The predicted octanol–water partition coefficient (Wildman–Crippen LogP) is 0.0873. The Kier molecular flexibility index (Phi) is 3.96. The molecule has 130 valence electrons. The number of hydrogen-bond donors (Lipinski definition) is 2. The van der Waals surface area contributed by atoms with Gasteiger partial charge in [-0.15, -0.1) is 0 Å². The summed E-state index contributed by atoms with van der Waals surface area (Å²) in [7, 11) is 0. The third-order valence-electron chi connectivity index (χ3n) is 4.09. The van der Waals surface area contributed by atoms with Crippen molar-refractivity contribution in [3.05, 3.63) is 52.6 Å². The molecule has 0 radical (unpaired) electrons. The topological polar surface area (TPSA) is 117 Å². The van der Waals surface area contributed by atoms with Crippen molar-refractivity contribution in [3.8, 4) is 0 Å². The molecule has 1 aliphatic rings. The van der Waals surface area contributed by atoms with Gasteiger partial charge in [0.05, 0.1) is 26.1 Å². The molecule has 25 heavy (non-hydrogen) atoms. The summed E-state index contributed by atoms with van der Waals surface area (Å²) in [6.07, 6.45) is 0.260. The number of nitrogens with zero attached hydrogens (tertiary/aromatic N) is 4. The van der Waals surface area contributed by atoms with Gasteiger partial charge in [0.25, 0.3) is 5.56 Å². The van der Waals surface area contributed by atoms with Crippen molar-refractivity contribution in [1.82, 2.24) is 19.1 Å². The van der Waals surface area contributed by atoms with Crippen LogP contribution >= 0.6 is 0 Å². The van der Waals surface area contributed by atoms with Crippen LogP contribution in [0, 0.1) is 0 Å². The zero-order valence-electron chi connectivity index (χ0n) is 13.3. The monoisotopic (exact) mass is 343 g/mol. The molecule has 0 saturated carbocycles. The first kappa shape index (κ1) is 15.8. The average molecular weight is 343 g/mol. The van der Waals surface area contributed by atoms with E-state index in [-0.39, 0.29) is 30.2 Å². The first-order valence-corrected chi connectivity index (χ1v) is 7.82. The van der Waals surface area contributed by atoms with Crippen molar-refractivity contribution >= 4 is 17.1 Å². The Balaban J connectivity index is 1.73. The van der Waals surface area contributed by atoms with E-state index in [1.807, 2.05) is 30.3 Å². The number of nitrogens with two attached hydrogens (primary N) is 1. The number of fused-ring (bicyclic) bond motifs is 1. The molecule has 1 aliphatic heterocycles. The minimum atomic E-state index is -0.696. The lowest BCUT2D eigenvalue weighted by Crippen LogP contribution is -2.26. The van der Waals surface area contributed by atoms with Gasteiger partial charge in [-0.3, -0.25) is 13.9 Å². The Morgan fingerprint density at radius 3 is 2.84 bits per heavy atom. The van der Waals surface area contributed by atoms with Gasteiger partial charge >= 0.3 is 0 Å². The average Bonchev–Trinajstić information content (AvgIpc) is 3.26. The summed E-state index contributed by atoms with van der Waals surface area (Å²) in [6, 6.07) is 9.52. The van der Waals surface area contributed by atoms with Crippen LogP contribution in [0.2, 0.25) is 0 Å². The second-order valence-electron chi connectivity index (χ2n) is 5.71. The number of nitrogen functional groups attached to an aromatic ring is 1. The van der Waals surface area contributed by atoms with Gasteiger partial charge in [-0.25, -0.2) is 4.98 Å². The molecule has 2 aromatic heterocycles. The molecule has 1 aromatic carbocycles. The van der Waals surface area contributed by atoms with Crippen LogP contribution in [0.25, 0.3) is 11.2 Å². The van der Waals surface area contributed by atoms with E-state index in [0.717, 1.165) is 5.56 Å².